The Morgan fingerprint density at radius 1 is 1.36 bits per heavy atom. The van der Waals surface area contributed by atoms with Gasteiger partial charge in [0, 0.05) is 6.54 Å². The van der Waals surface area contributed by atoms with Gasteiger partial charge in [-0.2, -0.15) is 0 Å². The van der Waals surface area contributed by atoms with E-state index in [0.717, 1.165) is 6.54 Å². The Morgan fingerprint density at radius 2 is 2.07 bits per heavy atom. The number of aliphatic hydroxyl groups excluding tert-OH is 1. The van der Waals surface area contributed by atoms with Gasteiger partial charge >= 0.3 is 0 Å². The second-order valence-corrected chi connectivity index (χ2v) is 4.05. The molecular weight excluding hydrogens is 178 g/mol. The number of aliphatic hydroxyl groups is 1. The van der Waals surface area contributed by atoms with E-state index in [4.69, 9.17) is 4.74 Å². The van der Waals surface area contributed by atoms with Gasteiger partial charge in [-0.05, 0) is 19.4 Å². The molecule has 3 nitrogen and oxygen atoms in total. The van der Waals surface area contributed by atoms with Crippen LogP contribution in [-0.4, -0.2) is 37.0 Å². The van der Waals surface area contributed by atoms with E-state index in [0.29, 0.717) is 19.3 Å². The van der Waals surface area contributed by atoms with E-state index in [2.05, 4.69) is 5.32 Å². The van der Waals surface area contributed by atoms with Crippen LogP contribution in [0, 0.1) is 0 Å². The molecule has 1 saturated carbocycles. The molecule has 3 heteroatoms. The lowest BCUT2D eigenvalue weighted by atomic mass is 9.98. The fraction of sp³-hybridized carbons (Fsp3) is 1.00. The molecule has 1 aliphatic rings. The Kier molecular flexibility index (Phi) is 6.15. The van der Waals surface area contributed by atoms with Crippen LogP contribution >= 0.6 is 0 Å². The Morgan fingerprint density at radius 3 is 2.71 bits per heavy atom. The van der Waals surface area contributed by atoms with Crippen molar-refractivity contribution in [1.29, 1.82) is 0 Å². The molecule has 0 amide bonds. The Bertz CT molecular complexity index is 135. The van der Waals surface area contributed by atoms with E-state index in [-0.39, 0.29) is 6.10 Å². The van der Waals surface area contributed by atoms with Crippen molar-refractivity contribution < 1.29 is 9.84 Å². The standard InChI is InChI=1S/C11H23NO2/c1-2-12-8-10(13)9-14-11-6-4-3-5-7-11/h10-13H,2-9H2,1H3. The molecule has 0 aromatic rings. The molecule has 84 valence electrons. The third kappa shape index (κ3) is 4.94. The molecule has 0 radical (unpaired) electrons. The third-order valence-corrected chi connectivity index (χ3v) is 2.71. The summed E-state index contributed by atoms with van der Waals surface area (Å²) in [7, 11) is 0. The van der Waals surface area contributed by atoms with Gasteiger partial charge < -0.3 is 15.2 Å². The summed E-state index contributed by atoms with van der Waals surface area (Å²) in [5.74, 6) is 0. The second-order valence-electron chi connectivity index (χ2n) is 4.05. The van der Waals surface area contributed by atoms with Crippen LogP contribution in [0.15, 0.2) is 0 Å². The maximum atomic E-state index is 9.52. The van der Waals surface area contributed by atoms with Crippen LogP contribution in [0.1, 0.15) is 39.0 Å². The first-order valence-electron chi connectivity index (χ1n) is 5.83. The molecule has 14 heavy (non-hydrogen) atoms. The van der Waals surface area contributed by atoms with Crippen molar-refractivity contribution in [3.8, 4) is 0 Å². The highest BCUT2D eigenvalue weighted by Gasteiger charge is 2.15. The van der Waals surface area contributed by atoms with Crippen LogP contribution < -0.4 is 5.32 Å². The van der Waals surface area contributed by atoms with Crippen LogP contribution in [0.3, 0.4) is 0 Å². The largest absolute Gasteiger partial charge is 0.389 e. The first-order valence-corrected chi connectivity index (χ1v) is 5.83. The van der Waals surface area contributed by atoms with Gasteiger partial charge in [0.25, 0.3) is 0 Å². The van der Waals surface area contributed by atoms with Crippen LogP contribution in [0.25, 0.3) is 0 Å². The third-order valence-electron chi connectivity index (χ3n) is 2.71. The fourth-order valence-corrected chi connectivity index (χ4v) is 1.85. The summed E-state index contributed by atoms with van der Waals surface area (Å²) in [4.78, 5) is 0. The highest BCUT2D eigenvalue weighted by molar-refractivity contribution is 4.66. The number of nitrogens with one attached hydrogen (secondary N) is 1. The Labute approximate surface area is 86.8 Å². The highest BCUT2D eigenvalue weighted by atomic mass is 16.5. The zero-order valence-electron chi connectivity index (χ0n) is 9.17. The van der Waals surface area contributed by atoms with Crippen molar-refractivity contribution >= 4 is 0 Å². The van der Waals surface area contributed by atoms with E-state index < -0.39 is 0 Å². The molecule has 2 N–H and O–H groups in total. The fourth-order valence-electron chi connectivity index (χ4n) is 1.85. The van der Waals surface area contributed by atoms with Gasteiger partial charge in [0.05, 0.1) is 18.8 Å². The minimum atomic E-state index is -0.350. The summed E-state index contributed by atoms with van der Waals surface area (Å²) < 4.78 is 5.65. The summed E-state index contributed by atoms with van der Waals surface area (Å²) in [6, 6.07) is 0. The molecule has 0 heterocycles. The molecule has 0 spiro atoms. The number of hydrogen-bond donors (Lipinski definition) is 2. The van der Waals surface area contributed by atoms with Crippen molar-refractivity contribution in [2.24, 2.45) is 0 Å². The number of likely N-dealkylation sites (N-methyl/N-ethyl adjacent to an activating group) is 1. The lowest BCUT2D eigenvalue weighted by Crippen LogP contribution is -2.32. The first kappa shape index (κ1) is 12.0. The molecule has 1 aliphatic carbocycles. The van der Waals surface area contributed by atoms with Crippen molar-refractivity contribution in [3.05, 3.63) is 0 Å². The van der Waals surface area contributed by atoms with Gasteiger partial charge in [0.1, 0.15) is 0 Å². The van der Waals surface area contributed by atoms with E-state index in [1.807, 2.05) is 6.92 Å². The lowest BCUT2D eigenvalue weighted by molar-refractivity contribution is -0.0228. The van der Waals surface area contributed by atoms with Crippen LogP contribution in [0.2, 0.25) is 0 Å². The van der Waals surface area contributed by atoms with Crippen molar-refractivity contribution in [2.45, 2.75) is 51.2 Å². The van der Waals surface area contributed by atoms with Crippen LogP contribution in [-0.2, 0) is 4.74 Å². The van der Waals surface area contributed by atoms with Crippen molar-refractivity contribution in [1.82, 2.24) is 5.32 Å². The smallest absolute Gasteiger partial charge is 0.0897 e. The highest BCUT2D eigenvalue weighted by Crippen LogP contribution is 2.20. The summed E-state index contributed by atoms with van der Waals surface area (Å²) in [5, 5.41) is 12.6. The number of hydrogen-bond acceptors (Lipinski definition) is 3. The molecule has 0 aliphatic heterocycles. The molecule has 1 atom stereocenters. The molecule has 1 fully saturated rings. The molecule has 1 rings (SSSR count). The monoisotopic (exact) mass is 201 g/mol. The quantitative estimate of drug-likeness (QED) is 0.681. The predicted octanol–water partition coefficient (Wildman–Crippen LogP) is 1.31. The minimum Gasteiger partial charge on any atom is -0.389 e. The zero-order valence-corrected chi connectivity index (χ0v) is 9.17. The lowest BCUT2D eigenvalue weighted by Gasteiger charge is -2.23. The van der Waals surface area contributed by atoms with Crippen LogP contribution in [0.5, 0.6) is 0 Å². The van der Waals surface area contributed by atoms with Crippen molar-refractivity contribution in [2.75, 3.05) is 19.7 Å². The summed E-state index contributed by atoms with van der Waals surface area (Å²) >= 11 is 0. The summed E-state index contributed by atoms with van der Waals surface area (Å²) in [5.41, 5.74) is 0. The van der Waals surface area contributed by atoms with Gasteiger partial charge in [-0.3, -0.25) is 0 Å². The van der Waals surface area contributed by atoms with E-state index in [1.165, 1.54) is 32.1 Å². The SMILES string of the molecule is CCNCC(O)COC1CCCCC1. The molecule has 0 bridgehead atoms. The predicted molar refractivity (Wildman–Crippen MR) is 57.4 cm³/mol. The van der Waals surface area contributed by atoms with Gasteiger partial charge in [-0.15, -0.1) is 0 Å². The molecule has 0 aromatic carbocycles. The number of rotatable bonds is 6. The topological polar surface area (TPSA) is 41.5 Å². The zero-order chi connectivity index (χ0) is 10.2. The summed E-state index contributed by atoms with van der Waals surface area (Å²) in [6.45, 7) is 4.07. The maximum absolute atomic E-state index is 9.52. The van der Waals surface area contributed by atoms with Gasteiger partial charge in [-0.1, -0.05) is 26.2 Å². The Hall–Kier alpha value is -0.120. The average Bonchev–Trinajstić information content (AvgIpc) is 2.25. The molecule has 0 aromatic heterocycles. The molecular formula is C11H23NO2. The average molecular weight is 201 g/mol. The van der Waals surface area contributed by atoms with E-state index in [9.17, 15) is 5.11 Å². The first-order chi connectivity index (χ1) is 6.83. The van der Waals surface area contributed by atoms with E-state index in [1.54, 1.807) is 0 Å². The van der Waals surface area contributed by atoms with E-state index >= 15 is 0 Å². The minimum absolute atomic E-state index is 0.350. The molecule has 1 unspecified atom stereocenters. The van der Waals surface area contributed by atoms with Crippen LogP contribution in [0.4, 0.5) is 0 Å². The Balaban J connectivity index is 2.00. The normalized spacial score (nSPS) is 21.0. The van der Waals surface area contributed by atoms with Crippen molar-refractivity contribution in [3.63, 3.8) is 0 Å². The maximum Gasteiger partial charge on any atom is 0.0897 e. The van der Waals surface area contributed by atoms with Gasteiger partial charge in [-0.25, -0.2) is 0 Å². The second kappa shape index (κ2) is 7.21. The van der Waals surface area contributed by atoms with Gasteiger partial charge in [0.2, 0.25) is 0 Å². The summed E-state index contributed by atoms with van der Waals surface area (Å²) in [6.07, 6.45) is 6.32. The van der Waals surface area contributed by atoms with Gasteiger partial charge in [0.15, 0.2) is 0 Å². The number of ether oxygens (including phenoxy) is 1. The molecule has 0 saturated heterocycles.